The topological polar surface area (TPSA) is 55.2 Å². The van der Waals surface area contributed by atoms with Gasteiger partial charge in [0, 0.05) is 12.6 Å². The molecule has 0 saturated carbocycles. The van der Waals surface area contributed by atoms with E-state index >= 15 is 0 Å². The number of nitro groups is 1. The number of anilines is 1. The third kappa shape index (κ3) is 3.37. The van der Waals surface area contributed by atoms with Crippen LogP contribution in [0.5, 0.6) is 0 Å². The molecule has 0 radical (unpaired) electrons. The van der Waals surface area contributed by atoms with Gasteiger partial charge in [0.1, 0.15) is 10.8 Å². The summed E-state index contributed by atoms with van der Waals surface area (Å²) in [6.45, 7) is 0.265. The Bertz CT molecular complexity index is 665. The van der Waals surface area contributed by atoms with Crippen LogP contribution in [0.25, 0.3) is 0 Å². The number of nitrogens with zero attached hydrogens (tertiary/aromatic N) is 1. The van der Waals surface area contributed by atoms with E-state index in [4.69, 9.17) is 23.2 Å². The van der Waals surface area contributed by atoms with Crippen LogP contribution in [0.3, 0.4) is 0 Å². The number of nitro benzene ring substituents is 1. The first-order valence-electron chi connectivity index (χ1n) is 5.59. The van der Waals surface area contributed by atoms with Gasteiger partial charge in [-0.05, 0) is 29.8 Å². The van der Waals surface area contributed by atoms with E-state index in [0.29, 0.717) is 16.3 Å². The Morgan fingerprint density at radius 3 is 2.55 bits per heavy atom. The first-order chi connectivity index (χ1) is 9.47. The maximum absolute atomic E-state index is 13.1. The molecule has 0 bridgehead atoms. The Morgan fingerprint density at radius 2 is 1.85 bits per heavy atom. The molecule has 0 fully saturated rings. The average molecular weight is 315 g/mol. The molecule has 20 heavy (non-hydrogen) atoms. The molecule has 0 aliphatic carbocycles. The van der Waals surface area contributed by atoms with Crippen LogP contribution < -0.4 is 5.32 Å². The molecule has 0 amide bonds. The number of halogens is 3. The summed E-state index contributed by atoms with van der Waals surface area (Å²) >= 11 is 11.6. The van der Waals surface area contributed by atoms with Crippen LogP contribution in [0.4, 0.5) is 15.8 Å². The third-order valence-corrected chi connectivity index (χ3v) is 3.27. The lowest BCUT2D eigenvalue weighted by Gasteiger charge is -2.08. The molecule has 2 rings (SSSR count). The van der Waals surface area contributed by atoms with Crippen LogP contribution in [0.2, 0.25) is 10.0 Å². The van der Waals surface area contributed by atoms with Crippen molar-refractivity contribution in [2.75, 3.05) is 5.32 Å². The fraction of sp³-hybridized carbons (Fsp3) is 0.0769. The Balaban J connectivity index is 2.17. The largest absolute Gasteiger partial charge is 0.380 e. The van der Waals surface area contributed by atoms with Gasteiger partial charge in [-0.25, -0.2) is 4.39 Å². The zero-order valence-electron chi connectivity index (χ0n) is 10.1. The maximum atomic E-state index is 13.1. The highest BCUT2D eigenvalue weighted by Gasteiger charge is 2.12. The van der Waals surface area contributed by atoms with E-state index in [1.807, 2.05) is 0 Å². The molecular formula is C13H9Cl2FN2O2. The minimum atomic E-state index is -0.555. The van der Waals surface area contributed by atoms with Gasteiger partial charge in [-0.15, -0.1) is 0 Å². The second-order valence-corrected chi connectivity index (χ2v) is 4.83. The lowest BCUT2D eigenvalue weighted by molar-refractivity contribution is -0.384. The molecule has 4 nitrogen and oxygen atoms in total. The smallest absolute Gasteiger partial charge is 0.288 e. The minimum absolute atomic E-state index is 0.0718. The van der Waals surface area contributed by atoms with Gasteiger partial charge in [0.25, 0.3) is 5.69 Å². The number of benzene rings is 2. The molecule has 0 saturated heterocycles. The summed E-state index contributed by atoms with van der Waals surface area (Å²) in [5, 5.41) is 14.1. The summed E-state index contributed by atoms with van der Waals surface area (Å²) < 4.78 is 13.1. The molecule has 0 aliphatic rings. The zero-order valence-corrected chi connectivity index (χ0v) is 11.6. The number of hydrogen-bond acceptors (Lipinski definition) is 3. The van der Waals surface area contributed by atoms with Crippen LogP contribution in [0.15, 0.2) is 36.4 Å². The molecule has 104 valence electrons. The third-order valence-electron chi connectivity index (χ3n) is 2.62. The molecule has 0 spiro atoms. The molecule has 0 aliphatic heterocycles. The summed E-state index contributed by atoms with van der Waals surface area (Å²) in [4.78, 5) is 10.2. The first kappa shape index (κ1) is 14.6. The summed E-state index contributed by atoms with van der Waals surface area (Å²) in [6, 6.07) is 8.40. The van der Waals surface area contributed by atoms with Crippen molar-refractivity contribution in [3.05, 3.63) is 67.9 Å². The first-order valence-corrected chi connectivity index (χ1v) is 6.34. The predicted octanol–water partition coefficient (Wildman–Crippen LogP) is 4.65. The van der Waals surface area contributed by atoms with Gasteiger partial charge in [0.2, 0.25) is 0 Å². The van der Waals surface area contributed by atoms with Crippen molar-refractivity contribution >= 4 is 34.6 Å². The van der Waals surface area contributed by atoms with E-state index in [2.05, 4.69) is 5.32 Å². The number of nitrogens with one attached hydrogen (secondary N) is 1. The molecule has 2 aromatic carbocycles. The summed E-state index contributed by atoms with van der Waals surface area (Å²) in [5.41, 5.74) is 0.891. The van der Waals surface area contributed by atoms with Gasteiger partial charge in [-0.1, -0.05) is 29.3 Å². The van der Waals surface area contributed by atoms with E-state index in [1.54, 1.807) is 6.07 Å². The molecule has 0 heterocycles. The van der Waals surface area contributed by atoms with Crippen LogP contribution >= 0.6 is 23.2 Å². The predicted molar refractivity (Wildman–Crippen MR) is 76.8 cm³/mol. The molecule has 1 N–H and O–H groups in total. The van der Waals surface area contributed by atoms with Crippen molar-refractivity contribution in [2.24, 2.45) is 0 Å². The van der Waals surface area contributed by atoms with Crippen LogP contribution in [0.1, 0.15) is 5.56 Å². The van der Waals surface area contributed by atoms with Gasteiger partial charge >= 0.3 is 0 Å². The molecule has 2 aromatic rings. The maximum Gasteiger partial charge on any atom is 0.288 e. The van der Waals surface area contributed by atoms with Crippen LogP contribution in [0, 0.1) is 15.9 Å². The zero-order chi connectivity index (χ0) is 14.7. The average Bonchev–Trinajstić information content (AvgIpc) is 2.41. The quantitative estimate of drug-likeness (QED) is 0.660. The standard InChI is InChI=1S/C13H9Cl2FN2O2/c14-10-4-2-9(16)6-12(10)17-7-8-1-3-11(15)13(5-8)18(19)20/h1-6,17H,7H2. The lowest BCUT2D eigenvalue weighted by atomic mass is 10.2. The van der Waals surface area contributed by atoms with Gasteiger partial charge < -0.3 is 5.32 Å². The molecule has 0 atom stereocenters. The number of hydrogen-bond donors (Lipinski definition) is 1. The highest BCUT2D eigenvalue weighted by molar-refractivity contribution is 6.33. The van der Waals surface area contributed by atoms with Gasteiger partial charge in [0.05, 0.1) is 15.6 Å². The second-order valence-electron chi connectivity index (χ2n) is 4.02. The fourth-order valence-corrected chi connectivity index (χ4v) is 2.01. The second kappa shape index (κ2) is 6.07. The van der Waals surface area contributed by atoms with Gasteiger partial charge in [0.15, 0.2) is 0 Å². The summed E-state index contributed by atoms with van der Waals surface area (Å²) in [5.74, 6) is -0.418. The highest BCUT2D eigenvalue weighted by atomic mass is 35.5. The molecule has 0 aromatic heterocycles. The van der Waals surface area contributed by atoms with E-state index in [-0.39, 0.29) is 17.3 Å². The van der Waals surface area contributed by atoms with Crippen LogP contribution in [-0.4, -0.2) is 4.92 Å². The van der Waals surface area contributed by atoms with Crippen molar-refractivity contribution in [1.82, 2.24) is 0 Å². The van der Waals surface area contributed by atoms with E-state index in [1.165, 1.54) is 30.3 Å². The monoisotopic (exact) mass is 314 g/mol. The van der Waals surface area contributed by atoms with Gasteiger partial charge in [-0.2, -0.15) is 0 Å². The van der Waals surface area contributed by atoms with E-state index in [9.17, 15) is 14.5 Å². The van der Waals surface area contributed by atoms with E-state index in [0.717, 1.165) is 0 Å². The fourth-order valence-electron chi connectivity index (χ4n) is 1.64. The normalized spacial score (nSPS) is 10.3. The lowest BCUT2D eigenvalue weighted by Crippen LogP contribution is -2.01. The van der Waals surface area contributed by atoms with Gasteiger partial charge in [-0.3, -0.25) is 10.1 Å². The van der Waals surface area contributed by atoms with Crippen LogP contribution in [-0.2, 0) is 6.54 Å². The SMILES string of the molecule is O=[N+]([O-])c1cc(CNc2cc(F)ccc2Cl)ccc1Cl. The Kier molecular flexibility index (Phi) is 4.42. The molecule has 0 unspecified atom stereocenters. The van der Waals surface area contributed by atoms with Crippen molar-refractivity contribution in [3.63, 3.8) is 0 Å². The van der Waals surface area contributed by atoms with Crippen molar-refractivity contribution in [3.8, 4) is 0 Å². The highest BCUT2D eigenvalue weighted by Crippen LogP contribution is 2.27. The summed E-state index contributed by atoms with van der Waals surface area (Å²) in [7, 11) is 0. The Hall–Kier alpha value is -1.85. The van der Waals surface area contributed by atoms with E-state index < -0.39 is 10.7 Å². The minimum Gasteiger partial charge on any atom is -0.380 e. The van der Waals surface area contributed by atoms with Crippen molar-refractivity contribution in [2.45, 2.75) is 6.54 Å². The van der Waals surface area contributed by atoms with Crippen molar-refractivity contribution in [1.29, 1.82) is 0 Å². The molecule has 7 heteroatoms. The Labute approximate surface area is 124 Å². The molecular weight excluding hydrogens is 306 g/mol. The Morgan fingerprint density at radius 1 is 1.15 bits per heavy atom. The van der Waals surface area contributed by atoms with Crippen molar-refractivity contribution < 1.29 is 9.31 Å². The summed E-state index contributed by atoms with van der Waals surface area (Å²) in [6.07, 6.45) is 0. The number of rotatable bonds is 4.